The summed E-state index contributed by atoms with van der Waals surface area (Å²) in [4.78, 5) is 11.5. The Morgan fingerprint density at radius 1 is 1.33 bits per heavy atom. The van der Waals surface area contributed by atoms with Gasteiger partial charge in [-0.05, 0) is 43.0 Å². The molecule has 4 heteroatoms. The molecular formula is C14H22N2O2. The second-order valence-corrected chi connectivity index (χ2v) is 4.76. The maximum absolute atomic E-state index is 11.5. The number of hydrogen-bond donors (Lipinski definition) is 2. The molecule has 0 unspecified atom stereocenters. The predicted molar refractivity (Wildman–Crippen MR) is 74.4 cm³/mol. The number of nitrogens with one attached hydrogen (secondary N) is 1. The highest BCUT2D eigenvalue weighted by molar-refractivity contribution is 5.91. The third-order valence-electron chi connectivity index (χ3n) is 2.50. The Balaban J connectivity index is 2.16. The van der Waals surface area contributed by atoms with Crippen LogP contribution in [0.2, 0.25) is 0 Å². The molecule has 0 saturated heterocycles. The van der Waals surface area contributed by atoms with Gasteiger partial charge in [-0.15, -0.1) is 0 Å². The molecule has 0 fully saturated rings. The minimum Gasteiger partial charge on any atom is -0.399 e. The van der Waals surface area contributed by atoms with E-state index in [4.69, 9.17) is 10.5 Å². The van der Waals surface area contributed by atoms with Crippen LogP contribution in [0.1, 0.15) is 26.7 Å². The Morgan fingerprint density at radius 2 is 2.00 bits per heavy atom. The van der Waals surface area contributed by atoms with E-state index in [1.54, 1.807) is 24.3 Å². The number of carbonyl (C=O) groups is 1. The summed E-state index contributed by atoms with van der Waals surface area (Å²) in [5.74, 6) is 0.543. The van der Waals surface area contributed by atoms with Crippen molar-refractivity contribution in [2.75, 3.05) is 24.3 Å². The molecule has 18 heavy (non-hydrogen) atoms. The highest BCUT2D eigenvalue weighted by Gasteiger charge is 2.02. The Morgan fingerprint density at radius 3 is 2.61 bits per heavy atom. The molecule has 0 aliphatic carbocycles. The van der Waals surface area contributed by atoms with Crippen LogP contribution in [0, 0.1) is 5.92 Å². The number of amides is 1. The van der Waals surface area contributed by atoms with E-state index in [0.29, 0.717) is 18.2 Å². The standard InChI is InChI=1S/C14H22N2O2/c1-11(2)4-3-9-18-10-14(17)16-13-7-5-12(15)6-8-13/h5-8,11H,3-4,9-10,15H2,1-2H3,(H,16,17). The van der Waals surface area contributed by atoms with E-state index in [9.17, 15) is 4.79 Å². The van der Waals surface area contributed by atoms with Gasteiger partial charge in [-0.2, -0.15) is 0 Å². The second-order valence-electron chi connectivity index (χ2n) is 4.76. The van der Waals surface area contributed by atoms with Crippen LogP contribution in [0.15, 0.2) is 24.3 Å². The van der Waals surface area contributed by atoms with Crippen LogP contribution in [0.4, 0.5) is 11.4 Å². The van der Waals surface area contributed by atoms with Crippen LogP contribution >= 0.6 is 0 Å². The minimum atomic E-state index is -0.135. The third kappa shape index (κ3) is 6.25. The number of benzene rings is 1. The molecule has 0 spiro atoms. The maximum Gasteiger partial charge on any atom is 0.250 e. The number of nitrogens with two attached hydrogens (primary N) is 1. The number of carbonyl (C=O) groups excluding carboxylic acids is 1. The molecule has 0 aliphatic rings. The van der Waals surface area contributed by atoms with Crippen molar-refractivity contribution in [2.24, 2.45) is 5.92 Å². The van der Waals surface area contributed by atoms with Gasteiger partial charge in [-0.1, -0.05) is 13.8 Å². The van der Waals surface area contributed by atoms with Gasteiger partial charge in [0.05, 0.1) is 0 Å². The summed E-state index contributed by atoms with van der Waals surface area (Å²) in [7, 11) is 0. The molecule has 1 amide bonds. The van der Waals surface area contributed by atoms with E-state index in [2.05, 4.69) is 19.2 Å². The van der Waals surface area contributed by atoms with Crippen LogP contribution in [0.3, 0.4) is 0 Å². The first-order valence-corrected chi connectivity index (χ1v) is 6.31. The fourth-order valence-corrected chi connectivity index (χ4v) is 1.52. The number of rotatable bonds is 7. The molecular weight excluding hydrogens is 228 g/mol. The van der Waals surface area contributed by atoms with Gasteiger partial charge in [-0.3, -0.25) is 4.79 Å². The van der Waals surface area contributed by atoms with Crippen LogP contribution in [0.5, 0.6) is 0 Å². The van der Waals surface area contributed by atoms with Crippen molar-refractivity contribution in [1.29, 1.82) is 0 Å². The fraction of sp³-hybridized carbons (Fsp3) is 0.500. The maximum atomic E-state index is 11.5. The predicted octanol–water partition coefficient (Wildman–Crippen LogP) is 2.66. The molecule has 0 bridgehead atoms. The van der Waals surface area contributed by atoms with Crippen LogP contribution in [0.25, 0.3) is 0 Å². The first-order valence-electron chi connectivity index (χ1n) is 6.31. The smallest absolute Gasteiger partial charge is 0.250 e. The van der Waals surface area contributed by atoms with Crippen LogP contribution < -0.4 is 11.1 Å². The molecule has 0 heterocycles. The van der Waals surface area contributed by atoms with Gasteiger partial charge in [0.2, 0.25) is 5.91 Å². The first kappa shape index (κ1) is 14.5. The lowest BCUT2D eigenvalue weighted by Crippen LogP contribution is -2.18. The van der Waals surface area contributed by atoms with Gasteiger partial charge >= 0.3 is 0 Å². The molecule has 4 nitrogen and oxygen atoms in total. The van der Waals surface area contributed by atoms with Crippen molar-refractivity contribution in [3.63, 3.8) is 0 Å². The summed E-state index contributed by atoms with van der Waals surface area (Å²) in [5.41, 5.74) is 6.97. The lowest BCUT2D eigenvalue weighted by molar-refractivity contribution is -0.120. The molecule has 0 atom stereocenters. The summed E-state index contributed by atoms with van der Waals surface area (Å²) in [6.07, 6.45) is 2.12. The summed E-state index contributed by atoms with van der Waals surface area (Å²) < 4.78 is 5.31. The SMILES string of the molecule is CC(C)CCCOCC(=O)Nc1ccc(N)cc1. The van der Waals surface area contributed by atoms with Gasteiger partial charge in [0, 0.05) is 18.0 Å². The topological polar surface area (TPSA) is 64.3 Å². The van der Waals surface area contributed by atoms with E-state index in [-0.39, 0.29) is 12.5 Å². The summed E-state index contributed by atoms with van der Waals surface area (Å²) in [6, 6.07) is 7.04. The lowest BCUT2D eigenvalue weighted by Gasteiger charge is -2.07. The Hall–Kier alpha value is -1.55. The molecule has 1 aromatic carbocycles. The lowest BCUT2D eigenvalue weighted by atomic mass is 10.1. The van der Waals surface area contributed by atoms with Crippen molar-refractivity contribution in [3.05, 3.63) is 24.3 Å². The van der Waals surface area contributed by atoms with Gasteiger partial charge in [0.15, 0.2) is 0 Å². The number of ether oxygens (including phenoxy) is 1. The Kier molecular flexibility index (Phi) is 6.22. The van der Waals surface area contributed by atoms with E-state index in [1.165, 1.54) is 0 Å². The summed E-state index contributed by atoms with van der Waals surface area (Å²) >= 11 is 0. The van der Waals surface area contributed by atoms with Crippen LogP contribution in [-0.2, 0) is 9.53 Å². The average molecular weight is 250 g/mol. The van der Waals surface area contributed by atoms with Crippen molar-refractivity contribution in [2.45, 2.75) is 26.7 Å². The van der Waals surface area contributed by atoms with Crippen LogP contribution in [-0.4, -0.2) is 19.1 Å². The summed E-state index contributed by atoms with van der Waals surface area (Å²) in [5, 5.41) is 2.75. The van der Waals surface area contributed by atoms with Crippen molar-refractivity contribution in [1.82, 2.24) is 0 Å². The first-order chi connectivity index (χ1) is 8.58. The molecule has 0 radical (unpaired) electrons. The average Bonchev–Trinajstić information content (AvgIpc) is 2.31. The zero-order chi connectivity index (χ0) is 13.4. The van der Waals surface area contributed by atoms with E-state index >= 15 is 0 Å². The molecule has 3 N–H and O–H groups in total. The molecule has 0 aromatic heterocycles. The Labute approximate surface area is 109 Å². The summed E-state index contributed by atoms with van der Waals surface area (Å²) in [6.45, 7) is 5.08. The van der Waals surface area contributed by atoms with Gasteiger partial charge in [-0.25, -0.2) is 0 Å². The highest BCUT2D eigenvalue weighted by Crippen LogP contribution is 2.10. The fourth-order valence-electron chi connectivity index (χ4n) is 1.52. The normalized spacial score (nSPS) is 10.6. The highest BCUT2D eigenvalue weighted by atomic mass is 16.5. The number of nitrogen functional groups attached to an aromatic ring is 1. The second kappa shape index (κ2) is 7.71. The van der Waals surface area contributed by atoms with Crippen molar-refractivity contribution < 1.29 is 9.53 Å². The van der Waals surface area contributed by atoms with Crippen molar-refractivity contribution in [3.8, 4) is 0 Å². The molecule has 0 saturated carbocycles. The zero-order valence-electron chi connectivity index (χ0n) is 11.1. The van der Waals surface area contributed by atoms with E-state index in [1.807, 2.05) is 0 Å². The molecule has 0 aliphatic heterocycles. The largest absolute Gasteiger partial charge is 0.399 e. The van der Waals surface area contributed by atoms with Gasteiger partial charge in [0.25, 0.3) is 0 Å². The Bertz CT molecular complexity index is 361. The van der Waals surface area contributed by atoms with Gasteiger partial charge < -0.3 is 15.8 Å². The quantitative estimate of drug-likeness (QED) is 0.577. The number of anilines is 2. The van der Waals surface area contributed by atoms with E-state index < -0.39 is 0 Å². The van der Waals surface area contributed by atoms with Crippen molar-refractivity contribution >= 4 is 17.3 Å². The molecule has 1 aromatic rings. The molecule has 100 valence electrons. The monoisotopic (exact) mass is 250 g/mol. The van der Waals surface area contributed by atoms with Gasteiger partial charge in [0.1, 0.15) is 6.61 Å². The third-order valence-corrected chi connectivity index (χ3v) is 2.50. The number of hydrogen-bond acceptors (Lipinski definition) is 3. The molecule has 1 rings (SSSR count). The van der Waals surface area contributed by atoms with E-state index in [0.717, 1.165) is 18.5 Å². The minimum absolute atomic E-state index is 0.0997. The zero-order valence-corrected chi connectivity index (χ0v) is 11.1.